The van der Waals surface area contributed by atoms with E-state index in [1.165, 1.54) is 24.0 Å². The van der Waals surface area contributed by atoms with E-state index in [1.54, 1.807) is 0 Å². The van der Waals surface area contributed by atoms with E-state index in [4.69, 9.17) is 0 Å². The molecule has 0 heterocycles. The van der Waals surface area contributed by atoms with Gasteiger partial charge >= 0.3 is 5.97 Å². The Hall–Kier alpha value is -1.09. The average molecular weight is 473 g/mol. The van der Waals surface area contributed by atoms with Crippen molar-refractivity contribution >= 4 is 5.97 Å². The second kappa shape index (κ2) is 9.41. The average Bonchev–Trinajstić information content (AvgIpc) is 3.10. The summed E-state index contributed by atoms with van der Waals surface area (Å²) in [5, 5.41) is 21.3. The van der Waals surface area contributed by atoms with E-state index in [2.05, 4.69) is 61.6 Å². The third-order valence-electron chi connectivity index (χ3n) is 11.7. The Morgan fingerprint density at radius 1 is 1.03 bits per heavy atom. The smallest absolute Gasteiger partial charge is 0.303 e. The van der Waals surface area contributed by atoms with Crippen molar-refractivity contribution in [2.45, 2.75) is 118 Å². The lowest BCUT2D eigenvalue weighted by Gasteiger charge is -2.66. The van der Waals surface area contributed by atoms with Gasteiger partial charge in [0.1, 0.15) is 0 Å². The Balaban J connectivity index is 1.90. The molecule has 0 aromatic rings. The normalized spacial score (nSPS) is 41.4. The summed E-state index contributed by atoms with van der Waals surface area (Å²) in [5.74, 6) is 1.54. The van der Waals surface area contributed by atoms with Gasteiger partial charge in [0, 0.05) is 6.42 Å². The Labute approximate surface area is 209 Å². The summed E-state index contributed by atoms with van der Waals surface area (Å²) in [6, 6.07) is 0. The largest absolute Gasteiger partial charge is 0.481 e. The summed E-state index contributed by atoms with van der Waals surface area (Å²) >= 11 is 0. The number of carboxylic acid groups (broad SMARTS) is 1. The van der Waals surface area contributed by atoms with E-state index < -0.39 is 11.6 Å². The van der Waals surface area contributed by atoms with Crippen LogP contribution in [0, 0.1) is 45.8 Å². The van der Waals surface area contributed by atoms with E-state index in [0.29, 0.717) is 29.6 Å². The molecular formula is C31H52O3. The first-order valence-corrected chi connectivity index (χ1v) is 13.9. The highest BCUT2D eigenvalue weighted by Gasteiger charge is 2.67. The summed E-state index contributed by atoms with van der Waals surface area (Å²) < 4.78 is 0. The minimum absolute atomic E-state index is 0.0270. The molecule has 34 heavy (non-hydrogen) atoms. The zero-order valence-corrected chi connectivity index (χ0v) is 23.2. The van der Waals surface area contributed by atoms with Crippen LogP contribution in [0.3, 0.4) is 0 Å². The maximum absolute atomic E-state index is 11.7. The quantitative estimate of drug-likeness (QED) is 0.334. The lowest BCUT2D eigenvalue weighted by atomic mass is 9.38. The molecule has 0 aromatic heterocycles. The minimum atomic E-state index is -0.686. The highest BCUT2D eigenvalue weighted by molar-refractivity contribution is 5.66. The monoisotopic (exact) mass is 472 g/mol. The molecule has 0 radical (unpaired) electrons. The van der Waals surface area contributed by atoms with Crippen LogP contribution in [0.25, 0.3) is 0 Å². The van der Waals surface area contributed by atoms with Gasteiger partial charge in [-0.25, -0.2) is 0 Å². The van der Waals surface area contributed by atoms with Crippen LogP contribution in [-0.2, 0) is 4.79 Å². The van der Waals surface area contributed by atoms with Gasteiger partial charge in [-0.3, -0.25) is 4.79 Å². The molecule has 8 atom stereocenters. The van der Waals surface area contributed by atoms with Crippen molar-refractivity contribution in [1.29, 1.82) is 0 Å². The summed E-state index contributed by atoms with van der Waals surface area (Å²) in [6.45, 7) is 24.6. The number of rotatable bonds is 9. The lowest BCUT2D eigenvalue weighted by Crippen LogP contribution is -2.60. The molecule has 8 unspecified atom stereocenters. The van der Waals surface area contributed by atoms with Crippen molar-refractivity contribution < 1.29 is 15.0 Å². The third-order valence-corrected chi connectivity index (χ3v) is 11.7. The van der Waals surface area contributed by atoms with E-state index >= 15 is 0 Å². The molecule has 0 spiro atoms. The van der Waals surface area contributed by atoms with Crippen molar-refractivity contribution in [2.24, 2.45) is 45.8 Å². The van der Waals surface area contributed by atoms with Gasteiger partial charge in [0.15, 0.2) is 0 Å². The topological polar surface area (TPSA) is 57.5 Å². The van der Waals surface area contributed by atoms with Gasteiger partial charge in [0.2, 0.25) is 0 Å². The van der Waals surface area contributed by atoms with Crippen LogP contribution >= 0.6 is 0 Å². The third kappa shape index (κ3) is 4.44. The number of aliphatic hydroxyl groups is 1. The standard InChI is InChI=1S/C31H52O3/c1-20(2)22(5)12-19-31(9,34)25-14-17-29(7)24(25)10-11-26-28(6,16-15-27(32)33)23(21(3)4)13-18-30(26,29)8/h20,23-26,34H,3,5,10-19H2,1-2,4,6-9H3,(H,32,33). The van der Waals surface area contributed by atoms with E-state index in [-0.39, 0.29) is 22.7 Å². The zero-order valence-electron chi connectivity index (χ0n) is 23.2. The highest BCUT2D eigenvalue weighted by Crippen LogP contribution is 2.74. The predicted molar refractivity (Wildman–Crippen MR) is 142 cm³/mol. The van der Waals surface area contributed by atoms with Crippen LogP contribution in [0.1, 0.15) is 113 Å². The molecule has 3 saturated carbocycles. The molecule has 0 amide bonds. The van der Waals surface area contributed by atoms with Gasteiger partial charge in [-0.15, -0.1) is 0 Å². The SMILES string of the molecule is C=C(CCC(C)(O)C1CCC2(C)C1CCC1C(C)(CCC(=O)O)C(C(=C)C)CCC12C)C(C)C. The van der Waals surface area contributed by atoms with Crippen LogP contribution < -0.4 is 0 Å². The first kappa shape index (κ1) is 27.5. The van der Waals surface area contributed by atoms with Crippen LogP contribution in [0.15, 0.2) is 24.3 Å². The van der Waals surface area contributed by atoms with Crippen molar-refractivity contribution in [1.82, 2.24) is 0 Å². The van der Waals surface area contributed by atoms with Crippen molar-refractivity contribution in [2.75, 3.05) is 0 Å². The van der Waals surface area contributed by atoms with E-state index in [1.807, 2.05) is 0 Å². The number of allylic oxidation sites excluding steroid dienone is 2. The maximum atomic E-state index is 11.7. The molecule has 0 aromatic carbocycles. The summed E-state index contributed by atoms with van der Waals surface area (Å²) in [5.41, 5.74) is 2.13. The van der Waals surface area contributed by atoms with Crippen molar-refractivity contribution in [3.8, 4) is 0 Å². The fourth-order valence-corrected chi connectivity index (χ4v) is 9.28. The lowest BCUT2D eigenvalue weighted by molar-refractivity contribution is -0.179. The Kier molecular flexibility index (Phi) is 7.61. The molecule has 194 valence electrons. The van der Waals surface area contributed by atoms with Crippen molar-refractivity contribution in [3.05, 3.63) is 24.3 Å². The molecule has 3 nitrogen and oxygen atoms in total. The number of fused-ring (bicyclic) bond motifs is 3. The maximum Gasteiger partial charge on any atom is 0.303 e. The number of carbonyl (C=O) groups is 1. The Bertz CT molecular complexity index is 809. The molecule has 0 saturated heterocycles. The summed E-state index contributed by atoms with van der Waals surface area (Å²) in [4.78, 5) is 11.6. The number of aliphatic carboxylic acids is 1. The zero-order chi connectivity index (χ0) is 25.7. The van der Waals surface area contributed by atoms with E-state index in [9.17, 15) is 15.0 Å². The Morgan fingerprint density at radius 3 is 2.21 bits per heavy atom. The van der Waals surface area contributed by atoms with Gasteiger partial charge < -0.3 is 10.2 Å². The van der Waals surface area contributed by atoms with Gasteiger partial charge in [-0.05, 0) is 117 Å². The molecule has 3 aliphatic rings. The molecule has 2 N–H and O–H groups in total. The van der Waals surface area contributed by atoms with Gasteiger partial charge in [-0.2, -0.15) is 0 Å². The van der Waals surface area contributed by atoms with Crippen LogP contribution in [0.5, 0.6) is 0 Å². The second-order valence-corrected chi connectivity index (χ2v) is 13.7. The second-order valence-electron chi connectivity index (χ2n) is 13.7. The first-order valence-electron chi connectivity index (χ1n) is 13.9. The number of hydrogen-bond acceptors (Lipinski definition) is 2. The summed E-state index contributed by atoms with van der Waals surface area (Å²) in [6.07, 6.45) is 9.52. The molecule has 3 heteroatoms. The highest BCUT2D eigenvalue weighted by atomic mass is 16.4. The van der Waals surface area contributed by atoms with Gasteiger partial charge in [0.25, 0.3) is 0 Å². The molecule has 0 aliphatic heterocycles. The fourth-order valence-electron chi connectivity index (χ4n) is 9.28. The minimum Gasteiger partial charge on any atom is -0.481 e. The number of hydrogen-bond donors (Lipinski definition) is 2. The Morgan fingerprint density at radius 2 is 1.65 bits per heavy atom. The fraction of sp³-hybridized carbons (Fsp3) is 0.839. The van der Waals surface area contributed by atoms with Crippen LogP contribution in [0.4, 0.5) is 0 Å². The van der Waals surface area contributed by atoms with Gasteiger partial charge in [-0.1, -0.05) is 58.9 Å². The van der Waals surface area contributed by atoms with Gasteiger partial charge in [0.05, 0.1) is 5.60 Å². The number of carboxylic acids is 1. The molecule has 3 aliphatic carbocycles. The van der Waals surface area contributed by atoms with Crippen molar-refractivity contribution in [3.63, 3.8) is 0 Å². The van der Waals surface area contributed by atoms with Crippen LogP contribution in [0.2, 0.25) is 0 Å². The predicted octanol–water partition coefficient (Wildman–Crippen LogP) is 8.04. The molecule has 3 rings (SSSR count). The first-order chi connectivity index (χ1) is 15.6. The van der Waals surface area contributed by atoms with Crippen LogP contribution in [-0.4, -0.2) is 21.8 Å². The van der Waals surface area contributed by atoms with E-state index in [0.717, 1.165) is 44.9 Å². The summed E-state index contributed by atoms with van der Waals surface area (Å²) in [7, 11) is 0. The molecule has 3 fully saturated rings. The molecular weight excluding hydrogens is 420 g/mol. The molecule has 0 bridgehead atoms.